The van der Waals surface area contributed by atoms with Gasteiger partial charge in [0.2, 0.25) is 11.8 Å². The Kier molecular flexibility index (Phi) is 3.28. The van der Waals surface area contributed by atoms with Crippen molar-refractivity contribution in [3.63, 3.8) is 0 Å². The average molecular weight is 241 g/mol. The van der Waals surface area contributed by atoms with Crippen LogP contribution in [-0.2, 0) is 0 Å². The molecule has 0 fully saturated rings. The molecule has 0 aromatic heterocycles. The Labute approximate surface area is 85.2 Å². The van der Waals surface area contributed by atoms with Crippen LogP contribution >= 0.6 is 0 Å². The second kappa shape index (κ2) is 4.31. The van der Waals surface area contributed by atoms with Gasteiger partial charge in [-0.1, -0.05) is 0 Å². The number of aliphatic imine (C=N–C) groups is 1. The summed E-state index contributed by atoms with van der Waals surface area (Å²) < 4.78 is 63.6. The number of hydrogen-bond donors (Lipinski definition) is 3. The number of nitrogens with one attached hydrogen (secondary N) is 1. The highest BCUT2D eigenvalue weighted by atomic mass is 19.2. The normalized spacial score (nSPS) is 11.8. The molecule has 0 radical (unpaired) electrons. The predicted molar refractivity (Wildman–Crippen MR) is 42.4 cm³/mol. The highest BCUT2D eigenvalue weighted by Crippen LogP contribution is 2.29. The summed E-state index contributed by atoms with van der Waals surface area (Å²) >= 11 is 0. The molecule has 4 N–H and O–H groups in total. The number of halogens is 5. The lowest BCUT2D eigenvalue weighted by Crippen LogP contribution is -2.28. The molecular weight excluding hydrogens is 237 g/mol. The van der Waals surface area contributed by atoms with Crippen LogP contribution < -0.4 is 11.2 Å². The second-order valence-corrected chi connectivity index (χ2v) is 2.53. The van der Waals surface area contributed by atoms with Gasteiger partial charge in [0.15, 0.2) is 23.3 Å². The van der Waals surface area contributed by atoms with Crippen molar-refractivity contribution in [1.82, 2.24) is 5.48 Å². The van der Waals surface area contributed by atoms with Crippen LogP contribution in [0.5, 0.6) is 0 Å². The molecule has 1 rings (SSSR count). The van der Waals surface area contributed by atoms with E-state index < -0.39 is 40.7 Å². The van der Waals surface area contributed by atoms with Crippen LogP contribution in [0, 0.1) is 29.1 Å². The van der Waals surface area contributed by atoms with Gasteiger partial charge >= 0.3 is 0 Å². The van der Waals surface area contributed by atoms with Gasteiger partial charge in [0.25, 0.3) is 0 Å². The van der Waals surface area contributed by atoms with Crippen LogP contribution in [0.4, 0.5) is 27.6 Å². The van der Waals surface area contributed by atoms with E-state index in [9.17, 15) is 22.0 Å². The molecule has 88 valence electrons. The minimum absolute atomic E-state index is 0.928. The molecule has 1 aromatic carbocycles. The number of benzene rings is 1. The van der Waals surface area contributed by atoms with Crippen molar-refractivity contribution in [3.8, 4) is 0 Å². The third kappa shape index (κ3) is 1.89. The fourth-order valence-electron chi connectivity index (χ4n) is 0.837. The zero-order valence-electron chi connectivity index (χ0n) is 7.36. The monoisotopic (exact) mass is 241 g/mol. The molecule has 9 heteroatoms. The summed E-state index contributed by atoms with van der Waals surface area (Å²) in [6.07, 6.45) is 0. The van der Waals surface area contributed by atoms with E-state index in [0.717, 1.165) is 0 Å². The molecule has 16 heavy (non-hydrogen) atoms. The van der Waals surface area contributed by atoms with Gasteiger partial charge < -0.3 is 5.73 Å². The first kappa shape index (κ1) is 12.2. The summed E-state index contributed by atoms with van der Waals surface area (Å²) in [5.41, 5.74) is 4.48. The summed E-state index contributed by atoms with van der Waals surface area (Å²) in [5.74, 6) is -11.8. The van der Waals surface area contributed by atoms with Gasteiger partial charge in [0, 0.05) is 0 Å². The molecule has 0 bridgehead atoms. The molecule has 0 spiro atoms. The Morgan fingerprint density at radius 2 is 1.31 bits per heavy atom. The van der Waals surface area contributed by atoms with Crippen molar-refractivity contribution in [1.29, 1.82) is 0 Å². The zero-order valence-corrected chi connectivity index (χ0v) is 7.36. The molecule has 0 unspecified atom stereocenters. The minimum Gasteiger partial charge on any atom is -0.368 e. The minimum atomic E-state index is -2.30. The summed E-state index contributed by atoms with van der Waals surface area (Å²) in [5, 5.41) is 8.16. The van der Waals surface area contributed by atoms with Gasteiger partial charge in [-0.25, -0.2) is 32.4 Å². The van der Waals surface area contributed by atoms with Gasteiger partial charge in [-0.3, -0.25) is 5.21 Å². The van der Waals surface area contributed by atoms with E-state index in [1.807, 2.05) is 0 Å². The van der Waals surface area contributed by atoms with E-state index in [1.54, 1.807) is 0 Å². The third-order valence-electron chi connectivity index (χ3n) is 1.53. The average Bonchev–Trinajstić information content (AvgIpc) is 2.29. The number of nitrogens with two attached hydrogens (primary N) is 1. The highest BCUT2D eigenvalue weighted by molar-refractivity contribution is 5.79. The maximum Gasteiger partial charge on any atom is 0.218 e. The SMILES string of the molecule is NC(=Nc1c(F)c(F)c(F)c(F)c1F)NO. The van der Waals surface area contributed by atoms with E-state index in [4.69, 9.17) is 10.9 Å². The molecule has 0 aliphatic heterocycles. The van der Waals surface area contributed by atoms with Crippen molar-refractivity contribution in [3.05, 3.63) is 29.1 Å². The van der Waals surface area contributed by atoms with E-state index in [2.05, 4.69) is 4.99 Å². The van der Waals surface area contributed by atoms with Crippen molar-refractivity contribution < 1.29 is 27.2 Å². The van der Waals surface area contributed by atoms with Gasteiger partial charge in [-0.2, -0.15) is 0 Å². The summed E-state index contributed by atoms with van der Waals surface area (Å²) in [4.78, 5) is 2.78. The molecule has 1 aromatic rings. The molecular formula is C7H4F5N3O. The molecule has 0 atom stereocenters. The van der Waals surface area contributed by atoms with Crippen LogP contribution in [-0.4, -0.2) is 11.2 Å². The van der Waals surface area contributed by atoms with Gasteiger partial charge in [0.05, 0.1) is 0 Å². The van der Waals surface area contributed by atoms with Crippen LogP contribution in [0.2, 0.25) is 0 Å². The first-order valence-electron chi connectivity index (χ1n) is 3.65. The molecule has 0 saturated carbocycles. The zero-order chi connectivity index (χ0) is 12.5. The van der Waals surface area contributed by atoms with E-state index in [-0.39, 0.29) is 0 Å². The van der Waals surface area contributed by atoms with Crippen LogP contribution in [0.15, 0.2) is 4.99 Å². The molecule has 0 saturated heterocycles. The van der Waals surface area contributed by atoms with Gasteiger partial charge in [-0.15, -0.1) is 0 Å². The fraction of sp³-hybridized carbons (Fsp3) is 0. The largest absolute Gasteiger partial charge is 0.368 e. The van der Waals surface area contributed by atoms with Crippen LogP contribution in [0.3, 0.4) is 0 Å². The molecule has 0 aliphatic rings. The predicted octanol–water partition coefficient (Wildman–Crippen LogP) is 1.31. The first-order valence-corrected chi connectivity index (χ1v) is 3.65. The van der Waals surface area contributed by atoms with Crippen molar-refractivity contribution >= 4 is 11.6 Å². The maximum atomic E-state index is 12.9. The lowest BCUT2D eigenvalue weighted by molar-refractivity contribution is 0.233. The Morgan fingerprint density at radius 3 is 1.69 bits per heavy atom. The lowest BCUT2D eigenvalue weighted by atomic mass is 10.2. The Morgan fingerprint density at radius 1 is 0.938 bits per heavy atom. The molecule has 0 heterocycles. The Bertz CT molecular complexity index is 433. The summed E-state index contributed by atoms with van der Waals surface area (Å²) in [6.45, 7) is 0. The summed E-state index contributed by atoms with van der Waals surface area (Å²) in [6, 6.07) is 0. The van der Waals surface area contributed by atoms with Crippen molar-refractivity contribution in [2.45, 2.75) is 0 Å². The maximum absolute atomic E-state index is 12.9. The Hall–Kier alpha value is -1.90. The standard InChI is InChI=1S/C7H4F5N3O/c8-1-2(9)4(11)6(5(12)3(1)10)14-7(13)15-16/h16H,(H3,13,14,15). The van der Waals surface area contributed by atoms with E-state index in [0.29, 0.717) is 0 Å². The number of guanidine groups is 1. The smallest absolute Gasteiger partial charge is 0.218 e. The fourth-order valence-corrected chi connectivity index (χ4v) is 0.837. The van der Waals surface area contributed by atoms with Gasteiger partial charge in [-0.05, 0) is 0 Å². The third-order valence-corrected chi connectivity index (χ3v) is 1.53. The molecule has 0 amide bonds. The van der Waals surface area contributed by atoms with Crippen molar-refractivity contribution in [2.75, 3.05) is 0 Å². The van der Waals surface area contributed by atoms with Crippen molar-refractivity contribution in [2.24, 2.45) is 10.7 Å². The van der Waals surface area contributed by atoms with Gasteiger partial charge in [0.1, 0.15) is 5.69 Å². The summed E-state index contributed by atoms with van der Waals surface area (Å²) in [7, 11) is 0. The first-order chi connectivity index (χ1) is 7.40. The lowest BCUT2D eigenvalue weighted by Gasteiger charge is -2.04. The quantitative estimate of drug-likeness (QED) is 0.173. The van der Waals surface area contributed by atoms with E-state index >= 15 is 0 Å². The second-order valence-electron chi connectivity index (χ2n) is 2.53. The number of hydroxylamine groups is 1. The topological polar surface area (TPSA) is 70.6 Å². The van der Waals surface area contributed by atoms with Crippen LogP contribution in [0.25, 0.3) is 0 Å². The van der Waals surface area contributed by atoms with E-state index in [1.165, 1.54) is 5.48 Å². The molecule has 4 nitrogen and oxygen atoms in total. The number of hydrogen-bond acceptors (Lipinski definition) is 2. The number of nitrogens with zero attached hydrogens (tertiary/aromatic N) is 1. The Balaban J connectivity index is 3.52. The number of rotatable bonds is 1. The molecule has 0 aliphatic carbocycles. The van der Waals surface area contributed by atoms with Crippen LogP contribution in [0.1, 0.15) is 0 Å². The highest BCUT2D eigenvalue weighted by Gasteiger charge is 2.25.